The summed E-state index contributed by atoms with van der Waals surface area (Å²) in [5.74, 6) is 0.475. The summed E-state index contributed by atoms with van der Waals surface area (Å²) in [5.41, 5.74) is 2.49. The van der Waals surface area contributed by atoms with Crippen molar-refractivity contribution < 1.29 is 4.39 Å². The molecule has 0 spiro atoms. The van der Waals surface area contributed by atoms with Crippen molar-refractivity contribution in [3.63, 3.8) is 0 Å². The van der Waals surface area contributed by atoms with E-state index in [1.165, 1.54) is 22.0 Å². The number of piperidine rings is 1. The van der Waals surface area contributed by atoms with Gasteiger partial charge in [-0.15, -0.1) is 0 Å². The third-order valence-electron chi connectivity index (χ3n) is 5.13. The number of fused-ring (bicyclic) bond motifs is 1. The lowest BCUT2D eigenvalue weighted by molar-refractivity contribution is 0.140. The van der Waals surface area contributed by atoms with E-state index in [1.54, 1.807) is 0 Å². The molecule has 3 rings (SSSR count). The maximum atomic E-state index is 13.5. The summed E-state index contributed by atoms with van der Waals surface area (Å²) >= 11 is 0. The predicted octanol–water partition coefficient (Wildman–Crippen LogP) is 4.72. The summed E-state index contributed by atoms with van der Waals surface area (Å²) in [6.45, 7) is 6.99. The van der Waals surface area contributed by atoms with E-state index >= 15 is 0 Å². The molecule has 1 aromatic heterocycles. The Bertz CT molecular complexity index is 655. The first-order chi connectivity index (χ1) is 11.2. The number of rotatable bonds is 5. The second-order valence-electron chi connectivity index (χ2n) is 6.81. The first-order valence-corrected chi connectivity index (χ1v) is 8.92. The van der Waals surface area contributed by atoms with Gasteiger partial charge in [-0.25, -0.2) is 4.39 Å². The second kappa shape index (κ2) is 7.39. The average Bonchev–Trinajstić information content (AvgIpc) is 2.59. The normalized spacial score (nSPS) is 20.7. The van der Waals surface area contributed by atoms with Gasteiger partial charge in [0.25, 0.3) is 0 Å². The number of nitrogens with zero attached hydrogens (tertiary/aromatic N) is 2. The highest BCUT2D eigenvalue weighted by atomic mass is 19.1. The molecule has 0 aliphatic carbocycles. The highest BCUT2D eigenvalue weighted by Gasteiger charge is 2.19. The van der Waals surface area contributed by atoms with Gasteiger partial charge in [0.15, 0.2) is 0 Å². The minimum Gasteiger partial charge on any atom is -0.300 e. The van der Waals surface area contributed by atoms with Crippen LogP contribution >= 0.6 is 0 Å². The van der Waals surface area contributed by atoms with Crippen LogP contribution < -0.4 is 0 Å². The molecular weight excluding hydrogens is 287 g/mol. The monoisotopic (exact) mass is 314 g/mol. The Balaban J connectivity index is 1.81. The average molecular weight is 314 g/mol. The fourth-order valence-electron chi connectivity index (χ4n) is 3.54. The van der Waals surface area contributed by atoms with E-state index in [1.807, 2.05) is 6.20 Å². The highest BCUT2D eigenvalue weighted by Crippen LogP contribution is 2.28. The van der Waals surface area contributed by atoms with Crippen LogP contribution in [-0.4, -0.2) is 35.7 Å². The van der Waals surface area contributed by atoms with E-state index in [0.717, 1.165) is 38.8 Å². The van der Waals surface area contributed by atoms with Gasteiger partial charge in [-0.1, -0.05) is 38.1 Å². The van der Waals surface area contributed by atoms with Gasteiger partial charge in [0.05, 0.1) is 5.69 Å². The van der Waals surface area contributed by atoms with Gasteiger partial charge in [0.1, 0.15) is 6.17 Å². The van der Waals surface area contributed by atoms with E-state index < -0.39 is 6.17 Å². The molecule has 124 valence electrons. The van der Waals surface area contributed by atoms with Crippen molar-refractivity contribution in [2.24, 2.45) is 0 Å². The Labute approximate surface area is 138 Å². The number of pyridine rings is 1. The minimum atomic E-state index is -0.647. The van der Waals surface area contributed by atoms with E-state index in [4.69, 9.17) is 4.98 Å². The molecule has 2 unspecified atom stereocenters. The Morgan fingerprint density at radius 1 is 1.30 bits per heavy atom. The summed E-state index contributed by atoms with van der Waals surface area (Å²) in [4.78, 5) is 7.02. The van der Waals surface area contributed by atoms with Crippen LogP contribution in [0.5, 0.6) is 0 Å². The number of likely N-dealkylation sites (tertiary alicyclic amines) is 1. The lowest BCUT2D eigenvalue weighted by Gasteiger charge is -2.29. The van der Waals surface area contributed by atoms with Crippen molar-refractivity contribution in [2.75, 3.05) is 19.6 Å². The fourth-order valence-corrected chi connectivity index (χ4v) is 3.54. The van der Waals surface area contributed by atoms with Crippen molar-refractivity contribution in [2.45, 2.75) is 51.6 Å². The Kier molecular flexibility index (Phi) is 5.27. The van der Waals surface area contributed by atoms with Crippen LogP contribution in [0, 0.1) is 0 Å². The number of hydrogen-bond acceptors (Lipinski definition) is 2. The van der Waals surface area contributed by atoms with Crippen molar-refractivity contribution in [3.8, 4) is 0 Å². The summed E-state index contributed by atoms with van der Waals surface area (Å²) < 4.78 is 13.5. The number of halogens is 1. The quantitative estimate of drug-likeness (QED) is 0.793. The Morgan fingerprint density at radius 3 is 2.83 bits per heavy atom. The molecule has 1 saturated heterocycles. The van der Waals surface area contributed by atoms with Crippen LogP contribution in [0.1, 0.15) is 50.3 Å². The molecule has 2 aromatic rings. The van der Waals surface area contributed by atoms with Gasteiger partial charge in [0, 0.05) is 24.7 Å². The van der Waals surface area contributed by atoms with Crippen molar-refractivity contribution in [3.05, 3.63) is 41.7 Å². The number of alkyl halides is 1. The standard InChI is InChI=1S/C20H27FN2/c1-3-15(2)20-19-9-5-4-8-18(19)16(13-22-20)10-12-23-11-6-7-17(21)14-23/h4-5,8-9,13,15,17H,3,6-7,10-12,14H2,1-2H3. The van der Waals surface area contributed by atoms with E-state index in [0.29, 0.717) is 12.5 Å². The molecule has 1 fully saturated rings. The summed E-state index contributed by atoms with van der Waals surface area (Å²) in [5, 5.41) is 2.59. The first-order valence-electron chi connectivity index (χ1n) is 8.92. The molecule has 2 nitrogen and oxygen atoms in total. The van der Waals surface area contributed by atoms with E-state index in [-0.39, 0.29) is 0 Å². The van der Waals surface area contributed by atoms with Crippen LogP contribution in [0.4, 0.5) is 4.39 Å². The molecule has 1 aliphatic rings. The molecule has 0 radical (unpaired) electrons. The Morgan fingerprint density at radius 2 is 2.09 bits per heavy atom. The van der Waals surface area contributed by atoms with Gasteiger partial charge in [-0.05, 0) is 49.1 Å². The number of hydrogen-bond donors (Lipinski definition) is 0. The second-order valence-corrected chi connectivity index (χ2v) is 6.81. The SMILES string of the molecule is CCC(C)c1ncc(CCN2CCCC(F)C2)c2ccccc12. The largest absolute Gasteiger partial charge is 0.300 e. The zero-order valence-corrected chi connectivity index (χ0v) is 14.3. The zero-order valence-electron chi connectivity index (χ0n) is 14.3. The van der Waals surface area contributed by atoms with Crippen molar-refractivity contribution in [1.82, 2.24) is 9.88 Å². The molecule has 1 aliphatic heterocycles. The molecule has 2 atom stereocenters. The van der Waals surface area contributed by atoms with Crippen LogP contribution in [0.15, 0.2) is 30.5 Å². The van der Waals surface area contributed by atoms with Crippen molar-refractivity contribution in [1.29, 1.82) is 0 Å². The van der Waals surface area contributed by atoms with Crippen LogP contribution in [0.2, 0.25) is 0 Å². The third kappa shape index (κ3) is 3.72. The van der Waals surface area contributed by atoms with Gasteiger partial charge >= 0.3 is 0 Å². The van der Waals surface area contributed by atoms with Gasteiger partial charge in [0.2, 0.25) is 0 Å². The maximum absolute atomic E-state index is 13.5. The molecule has 0 saturated carbocycles. The predicted molar refractivity (Wildman–Crippen MR) is 94.7 cm³/mol. The van der Waals surface area contributed by atoms with Crippen LogP contribution in [0.25, 0.3) is 10.8 Å². The zero-order chi connectivity index (χ0) is 16.2. The fraction of sp³-hybridized carbons (Fsp3) is 0.550. The first kappa shape index (κ1) is 16.4. The minimum absolute atomic E-state index is 0.475. The molecule has 0 bridgehead atoms. The highest BCUT2D eigenvalue weighted by molar-refractivity contribution is 5.87. The molecule has 1 aromatic carbocycles. The lowest BCUT2D eigenvalue weighted by Crippen LogP contribution is -2.37. The van der Waals surface area contributed by atoms with Crippen LogP contribution in [-0.2, 0) is 6.42 Å². The van der Waals surface area contributed by atoms with Gasteiger partial charge < -0.3 is 4.90 Å². The van der Waals surface area contributed by atoms with Crippen LogP contribution in [0.3, 0.4) is 0 Å². The summed E-state index contributed by atoms with van der Waals surface area (Å²) in [7, 11) is 0. The number of benzene rings is 1. The van der Waals surface area contributed by atoms with Gasteiger partial charge in [-0.2, -0.15) is 0 Å². The summed E-state index contributed by atoms with van der Waals surface area (Å²) in [6.07, 6.45) is 5.15. The molecule has 0 amide bonds. The lowest BCUT2D eigenvalue weighted by atomic mass is 9.95. The van der Waals surface area contributed by atoms with E-state index in [2.05, 4.69) is 43.0 Å². The molecule has 23 heavy (non-hydrogen) atoms. The maximum Gasteiger partial charge on any atom is 0.113 e. The Hall–Kier alpha value is -1.48. The molecular formula is C20H27FN2. The van der Waals surface area contributed by atoms with Gasteiger partial charge in [-0.3, -0.25) is 4.98 Å². The molecule has 3 heteroatoms. The molecule has 2 heterocycles. The third-order valence-corrected chi connectivity index (χ3v) is 5.13. The smallest absolute Gasteiger partial charge is 0.113 e. The van der Waals surface area contributed by atoms with Crippen molar-refractivity contribution >= 4 is 10.8 Å². The topological polar surface area (TPSA) is 16.1 Å². The van der Waals surface area contributed by atoms with E-state index in [9.17, 15) is 4.39 Å². The molecule has 0 N–H and O–H groups in total. The summed E-state index contributed by atoms with van der Waals surface area (Å²) in [6, 6.07) is 8.58. The number of aromatic nitrogens is 1.